The minimum atomic E-state index is -0.177. The highest BCUT2D eigenvalue weighted by Crippen LogP contribution is 2.25. The van der Waals surface area contributed by atoms with Crippen molar-refractivity contribution in [1.82, 2.24) is 4.90 Å². The Morgan fingerprint density at radius 3 is 2.20 bits per heavy atom. The molecule has 0 atom stereocenters. The molecule has 2 rings (SSSR count). The summed E-state index contributed by atoms with van der Waals surface area (Å²) in [4.78, 5) is 25.8. The van der Waals surface area contributed by atoms with E-state index >= 15 is 0 Å². The molecule has 0 unspecified atom stereocenters. The van der Waals surface area contributed by atoms with Crippen LogP contribution >= 0.6 is 0 Å². The highest BCUT2D eigenvalue weighted by molar-refractivity contribution is 5.97. The third kappa shape index (κ3) is 2.57. The van der Waals surface area contributed by atoms with Gasteiger partial charge in [-0.15, -0.1) is 0 Å². The van der Waals surface area contributed by atoms with E-state index < -0.39 is 0 Å². The van der Waals surface area contributed by atoms with E-state index in [1.165, 1.54) is 7.11 Å². The number of ether oxygens (including phenoxy) is 1. The van der Waals surface area contributed by atoms with Crippen LogP contribution in [0.1, 0.15) is 40.3 Å². The van der Waals surface area contributed by atoms with Gasteiger partial charge in [0.1, 0.15) is 11.5 Å². The molecule has 0 N–H and O–H groups in total. The average Bonchev–Trinajstić information content (AvgIpc) is 2.71. The Morgan fingerprint density at radius 1 is 1.15 bits per heavy atom. The van der Waals surface area contributed by atoms with Gasteiger partial charge in [0.05, 0.1) is 18.6 Å². The molecule has 0 bridgehead atoms. The van der Waals surface area contributed by atoms with E-state index in [9.17, 15) is 9.59 Å². The molecule has 2 heterocycles. The maximum absolute atomic E-state index is 12.6. The molecule has 0 spiro atoms. The molecule has 5 heteroatoms. The van der Waals surface area contributed by atoms with Gasteiger partial charge in [0.15, 0.2) is 0 Å². The maximum atomic E-state index is 12.6. The number of methoxy groups -OCH3 is 1. The molecular weight excluding hydrogens is 258 g/mol. The molecule has 20 heavy (non-hydrogen) atoms. The fraction of sp³-hybridized carbons (Fsp3) is 0.600. The summed E-state index contributed by atoms with van der Waals surface area (Å²) in [5, 5.41) is 0. The van der Waals surface area contributed by atoms with Crippen molar-refractivity contribution in [2.45, 2.75) is 33.6 Å². The Labute approximate surface area is 118 Å². The Kier molecular flexibility index (Phi) is 4.16. The van der Waals surface area contributed by atoms with E-state index in [0.29, 0.717) is 37.3 Å². The molecule has 0 aromatic carbocycles. The highest BCUT2D eigenvalue weighted by atomic mass is 16.5. The average molecular weight is 279 g/mol. The zero-order valence-corrected chi connectivity index (χ0v) is 12.5. The van der Waals surface area contributed by atoms with Gasteiger partial charge in [0.2, 0.25) is 0 Å². The van der Waals surface area contributed by atoms with Crippen LogP contribution in [0.5, 0.6) is 0 Å². The van der Waals surface area contributed by atoms with E-state index in [1.807, 2.05) is 20.8 Å². The lowest BCUT2D eigenvalue weighted by Gasteiger charge is -2.30. The highest BCUT2D eigenvalue weighted by Gasteiger charge is 2.30. The molecule has 0 saturated carbocycles. The Hall–Kier alpha value is -1.78. The topological polar surface area (TPSA) is 59.8 Å². The van der Waals surface area contributed by atoms with Crippen molar-refractivity contribution in [1.29, 1.82) is 0 Å². The van der Waals surface area contributed by atoms with E-state index in [0.717, 1.165) is 11.3 Å². The van der Waals surface area contributed by atoms with Crippen LogP contribution in [0.25, 0.3) is 0 Å². The number of rotatable bonds is 2. The summed E-state index contributed by atoms with van der Waals surface area (Å²) in [6.07, 6.45) is 1.32. The first-order chi connectivity index (χ1) is 9.45. The normalized spacial score (nSPS) is 16.3. The van der Waals surface area contributed by atoms with E-state index in [2.05, 4.69) is 0 Å². The number of nitrogens with zero attached hydrogens (tertiary/aromatic N) is 1. The molecule has 1 amide bonds. The monoisotopic (exact) mass is 279 g/mol. The van der Waals surface area contributed by atoms with Crippen molar-refractivity contribution in [3.63, 3.8) is 0 Å². The first-order valence-corrected chi connectivity index (χ1v) is 6.89. The third-order valence-electron chi connectivity index (χ3n) is 4.09. The summed E-state index contributed by atoms with van der Waals surface area (Å²) in [5.41, 5.74) is 1.57. The minimum absolute atomic E-state index is 0.000154. The Bertz CT molecular complexity index is 524. The van der Waals surface area contributed by atoms with Crippen LogP contribution in [0.2, 0.25) is 0 Å². The third-order valence-corrected chi connectivity index (χ3v) is 4.09. The molecule has 1 aliphatic heterocycles. The largest absolute Gasteiger partial charge is 0.469 e. The van der Waals surface area contributed by atoms with Gasteiger partial charge >= 0.3 is 5.97 Å². The van der Waals surface area contributed by atoms with Crippen molar-refractivity contribution in [2.75, 3.05) is 20.2 Å². The van der Waals surface area contributed by atoms with Crippen LogP contribution in [0.4, 0.5) is 0 Å². The SMILES string of the molecule is COC(=O)C1CCN(C(=O)c2c(C)oc(C)c2C)CC1. The van der Waals surface area contributed by atoms with Crippen LogP contribution in [-0.2, 0) is 9.53 Å². The van der Waals surface area contributed by atoms with Crippen molar-refractivity contribution >= 4 is 11.9 Å². The van der Waals surface area contributed by atoms with Crippen molar-refractivity contribution < 1.29 is 18.7 Å². The quantitative estimate of drug-likeness (QED) is 0.779. The van der Waals surface area contributed by atoms with Crippen LogP contribution in [-0.4, -0.2) is 37.0 Å². The van der Waals surface area contributed by atoms with Crippen LogP contribution in [0, 0.1) is 26.7 Å². The number of hydrogen-bond donors (Lipinski definition) is 0. The summed E-state index contributed by atoms with van der Waals surface area (Å²) in [7, 11) is 1.40. The lowest BCUT2D eigenvalue weighted by Crippen LogP contribution is -2.40. The van der Waals surface area contributed by atoms with Gasteiger partial charge in [-0.05, 0) is 33.6 Å². The number of likely N-dealkylation sites (tertiary alicyclic amines) is 1. The van der Waals surface area contributed by atoms with Crippen molar-refractivity contribution in [3.05, 3.63) is 22.6 Å². The molecule has 1 aromatic heterocycles. The van der Waals surface area contributed by atoms with Gasteiger partial charge in [0.25, 0.3) is 5.91 Å². The molecule has 110 valence electrons. The molecule has 0 radical (unpaired) electrons. The second-order valence-corrected chi connectivity index (χ2v) is 5.30. The van der Waals surface area contributed by atoms with Gasteiger partial charge < -0.3 is 14.1 Å². The number of aryl methyl sites for hydroxylation is 2. The van der Waals surface area contributed by atoms with Gasteiger partial charge in [-0.1, -0.05) is 0 Å². The maximum Gasteiger partial charge on any atom is 0.308 e. The zero-order chi connectivity index (χ0) is 14.9. The first kappa shape index (κ1) is 14.6. The number of carbonyl (C=O) groups excluding carboxylic acids is 2. The van der Waals surface area contributed by atoms with Crippen molar-refractivity contribution in [2.24, 2.45) is 5.92 Å². The van der Waals surface area contributed by atoms with E-state index in [4.69, 9.17) is 9.15 Å². The molecule has 5 nitrogen and oxygen atoms in total. The minimum Gasteiger partial charge on any atom is -0.469 e. The van der Waals surface area contributed by atoms with Gasteiger partial charge in [-0.2, -0.15) is 0 Å². The predicted octanol–water partition coefficient (Wildman–Crippen LogP) is 2.23. The lowest BCUT2D eigenvalue weighted by molar-refractivity contribution is -0.146. The number of furan rings is 1. The summed E-state index contributed by atoms with van der Waals surface area (Å²) in [6.45, 7) is 6.75. The number of piperidine rings is 1. The van der Waals surface area contributed by atoms with Crippen LogP contribution in [0.15, 0.2) is 4.42 Å². The predicted molar refractivity (Wildman–Crippen MR) is 73.6 cm³/mol. The number of esters is 1. The standard InChI is InChI=1S/C15H21NO4/c1-9-10(2)20-11(3)13(9)14(17)16-7-5-12(6-8-16)15(18)19-4/h12H,5-8H2,1-4H3. The molecular formula is C15H21NO4. The molecule has 1 aliphatic rings. The van der Waals surface area contributed by atoms with Gasteiger partial charge in [-0.3, -0.25) is 9.59 Å². The van der Waals surface area contributed by atoms with Crippen molar-refractivity contribution in [3.8, 4) is 0 Å². The molecule has 1 aromatic rings. The van der Waals surface area contributed by atoms with Gasteiger partial charge in [0, 0.05) is 18.7 Å². The molecule has 0 aliphatic carbocycles. The second-order valence-electron chi connectivity index (χ2n) is 5.30. The van der Waals surface area contributed by atoms with E-state index in [-0.39, 0.29) is 17.8 Å². The lowest BCUT2D eigenvalue weighted by atomic mass is 9.96. The van der Waals surface area contributed by atoms with Gasteiger partial charge in [-0.25, -0.2) is 0 Å². The number of amides is 1. The smallest absolute Gasteiger partial charge is 0.308 e. The van der Waals surface area contributed by atoms with Crippen LogP contribution < -0.4 is 0 Å². The molecule has 1 saturated heterocycles. The second kappa shape index (κ2) is 5.69. The molecule has 1 fully saturated rings. The summed E-state index contributed by atoms with van der Waals surface area (Å²) in [6, 6.07) is 0. The van der Waals surface area contributed by atoms with Crippen LogP contribution in [0.3, 0.4) is 0 Å². The fourth-order valence-electron chi connectivity index (χ4n) is 2.75. The summed E-state index contributed by atoms with van der Waals surface area (Å²) >= 11 is 0. The van der Waals surface area contributed by atoms with E-state index in [1.54, 1.807) is 4.90 Å². The summed E-state index contributed by atoms with van der Waals surface area (Å²) < 4.78 is 10.3. The first-order valence-electron chi connectivity index (χ1n) is 6.89. The number of carbonyl (C=O) groups is 2. The fourth-order valence-corrected chi connectivity index (χ4v) is 2.75. The number of hydrogen-bond acceptors (Lipinski definition) is 4. The summed E-state index contributed by atoms with van der Waals surface area (Å²) in [5.74, 6) is 1.19. The Morgan fingerprint density at radius 2 is 1.75 bits per heavy atom. The zero-order valence-electron chi connectivity index (χ0n) is 12.5. The Balaban J connectivity index is 2.07.